The van der Waals surface area contributed by atoms with E-state index < -0.39 is 57.6 Å². The molecule has 2 amide bonds. The predicted octanol–water partition coefficient (Wildman–Crippen LogP) is 5.48. The molecule has 46 heavy (non-hydrogen) atoms. The monoisotopic (exact) mass is 674 g/mol. The Balaban J connectivity index is 1.53. The average Bonchev–Trinajstić information content (AvgIpc) is 3.84. The molecule has 5 atom stereocenters. The van der Waals surface area contributed by atoms with E-state index in [9.17, 15) is 28.2 Å². The number of rotatable bonds is 17. The lowest BCUT2D eigenvalue weighted by molar-refractivity contribution is -0.132. The highest BCUT2D eigenvalue weighted by Crippen LogP contribution is 2.34. The lowest BCUT2D eigenvalue weighted by Gasteiger charge is -2.34. The molecule has 2 aliphatic rings. The van der Waals surface area contributed by atoms with Crippen LogP contribution in [-0.2, 0) is 25.8 Å². The summed E-state index contributed by atoms with van der Waals surface area (Å²) in [5, 5.41) is 28.4. The average molecular weight is 675 g/mol. The van der Waals surface area contributed by atoms with Crippen LogP contribution in [0, 0.1) is 23.7 Å². The highest BCUT2D eigenvalue weighted by Gasteiger charge is 2.37. The smallest absolute Gasteiger partial charge is 0.242 e. The van der Waals surface area contributed by atoms with Gasteiger partial charge in [0.1, 0.15) is 12.1 Å². The molecule has 2 aromatic carbocycles. The third-order valence-electron chi connectivity index (χ3n) is 9.35. The molecule has 0 aromatic heterocycles. The molecule has 4 N–H and O–H groups in total. The van der Waals surface area contributed by atoms with Crippen LogP contribution in [0.4, 0.5) is 0 Å². The first-order valence-electron chi connectivity index (χ1n) is 16.9. The SMILES string of the molecule is CC(C)C[C@H](O)[C@H](O)[C@H](CC1CCCCC1)NC(=O)[C@H](CC1CC1)NC(=O)[C@H](Cc1ccccc1)CS(=O)(=O)c1ccc(Cl)cc1. The van der Waals surface area contributed by atoms with Gasteiger partial charge >= 0.3 is 0 Å². The zero-order chi connectivity index (χ0) is 33.3. The zero-order valence-corrected chi connectivity index (χ0v) is 28.7. The van der Waals surface area contributed by atoms with Crippen molar-refractivity contribution < 1.29 is 28.2 Å². The highest BCUT2D eigenvalue weighted by molar-refractivity contribution is 7.91. The second kappa shape index (κ2) is 17.1. The van der Waals surface area contributed by atoms with Crippen molar-refractivity contribution in [3.63, 3.8) is 0 Å². The Morgan fingerprint density at radius 2 is 1.48 bits per heavy atom. The van der Waals surface area contributed by atoms with Gasteiger partial charge in [0.05, 0.1) is 28.7 Å². The van der Waals surface area contributed by atoms with Gasteiger partial charge in [-0.1, -0.05) is 101 Å². The maximum Gasteiger partial charge on any atom is 0.242 e. The highest BCUT2D eigenvalue weighted by atomic mass is 35.5. The summed E-state index contributed by atoms with van der Waals surface area (Å²) in [5.74, 6) is -1.50. The fourth-order valence-electron chi connectivity index (χ4n) is 6.58. The first kappa shape index (κ1) is 36.4. The van der Waals surface area contributed by atoms with Gasteiger partial charge in [0, 0.05) is 5.02 Å². The van der Waals surface area contributed by atoms with Crippen molar-refractivity contribution >= 4 is 33.3 Å². The number of hydrogen-bond acceptors (Lipinski definition) is 6. The number of carbonyl (C=O) groups is 2. The summed E-state index contributed by atoms with van der Waals surface area (Å²) in [6.07, 6.45) is 6.80. The van der Waals surface area contributed by atoms with Gasteiger partial charge in [-0.25, -0.2) is 8.42 Å². The van der Waals surface area contributed by atoms with E-state index in [1.165, 1.54) is 30.7 Å². The minimum absolute atomic E-state index is 0.0783. The van der Waals surface area contributed by atoms with E-state index in [1.54, 1.807) is 0 Å². The van der Waals surface area contributed by atoms with Crippen molar-refractivity contribution in [1.29, 1.82) is 0 Å². The summed E-state index contributed by atoms with van der Waals surface area (Å²) in [6, 6.07) is 13.6. The Morgan fingerprint density at radius 1 is 0.848 bits per heavy atom. The minimum Gasteiger partial charge on any atom is -0.390 e. The van der Waals surface area contributed by atoms with Crippen LogP contribution in [0.25, 0.3) is 0 Å². The first-order valence-corrected chi connectivity index (χ1v) is 18.9. The summed E-state index contributed by atoms with van der Waals surface area (Å²) in [4.78, 5) is 27.9. The summed E-state index contributed by atoms with van der Waals surface area (Å²) >= 11 is 5.98. The lowest BCUT2D eigenvalue weighted by Crippen LogP contribution is -2.56. The molecule has 10 heteroatoms. The second-order valence-electron chi connectivity index (χ2n) is 13.9. The van der Waals surface area contributed by atoms with E-state index in [0.29, 0.717) is 30.2 Å². The van der Waals surface area contributed by atoms with E-state index in [2.05, 4.69) is 10.6 Å². The van der Waals surface area contributed by atoms with Crippen LogP contribution in [0.1, 0.15) is 83.6 Å². The van der Waals surface area contributed by atoms with E-state index in [1.807, 2.05) is 44.2 Å². The van der Waals surface area contributed by atoms with Crippen LogP contribution in [0.2, 0.25) is 5.02 Å². The third-order valence-corrected chi connectivity index (χ3v) is 11.4. The zero-order valence-electron chi connectivity index (χ0n) is 27.1. The van der Waals surface area contributed by atoms with Gasteiger partial charge < -0.3 is 20.8 Å². The number of carbonyl (C=O) groups excluding carboxylic acids is 2. The van der Waals surface area contributed by atoms with Crippen LogP contribution in [0.3, 0.4) is 0 Å². The quantitative estimate of drug-likeness (QED) is 0.176. The van der Waals surface area contributed by atoms with Crippen molar-refractivity contribution in [3.8, 4) is 0 Å². The van der Waals surface area contributed by atoms with Gasteiger partial charge in [0.2, 0.25) is 11.8 Å². The van der Waals surface area contributed by atoms with E-state index in [0.717, 1.165) is 44.1 Å². The van der Waals surface area contributed by atoms with Gasteiger partial charge in [-0.2, -0.15) is 0 Å². The van der Waals surface area contributed by atoms with Crippen molar-refractivity contribution in [2.24, 2.45) is 23.7 Å². The van der Waals surface area contributed by atoms with Crippen LogP contribution < -0.4 is 10.6 Å². The number of amides is 2. The Kier molecular flexibility index (Phi) is 13.5. The van der Waals surface area contributed by atoms with E-state index in [4.69, 9.17) is 11.6 Å². The molecule has 254 valence electrons. The number of halogens is 1. The molecule has 2 aromatic rings. The number of benzene rings is 2. The molecule has 0 aliphatic heterocycles. The van der Waals surface area contributed by atoms with Gasteiger partial charge in [-0.3, -0.25) is 9.59 Å². The molecule has 2 fully saturated rings. The topological polar surface area (TPSA) is 133 Å². The molecule has 2 saturated carbocycles. The molecule has 8 nitrogen and oxygen atoms in total. The third kappa shape index (κ3) is 11.4. The van der Waals surface area contributed by atoms with Crippen molar-refractivity contribution in [1.82, 2.24) is 10.6 Å². The number of hydrogen-bond donors (Lipinski definition) is 4. The number of aliphatic hydroxyl groups is 2. The standard InChI is InChI=1S/C36H51ClN2O6S/c1-24(2)19-33(40)34(41)31(21-26-11-7-4-8-12-26)38-36(43)32(22-27-13-14-27)39-35(42)28(20-25-9-5-3-6-10-25)23-46(44,45)30-17-15-29(37)16-18-30/h3,5-6,9-10,15-18,24,26-28,31-34,40-41H,4,7-8,11-14,19-23H2,1-2H3,(H,38,43)(H,39,42)/t28-,31+,32+,33+,34-/m1/s1. The van der Waals surface area contributed by atoms with Crippen molar-refractivity contribution in [3.05, 3.63) is 65.2 Å². The fourth-order valence-corrected chi connectivity index (χ4v) is 8.24. The van der Waals surface area contributed by atoms with Crippen molar-refractivity contribution in [2.75, 3.05) is 5.75 Å². The van der Waals surface area contributed by atoms with Crippen LogP contribution in [0.15, 0.2) is 59.5 Å². The molecule has 0 unspecified atom stereocenters. The molecule has 4 rings (SSSR count). The summed E-state index contributed by atoms with van der Waals surface area (Å²) in [5.41, 5.74) is 0.812. The maximum absolute atomic E-state index is 13.9. The van der Waals surface area contributed by atoms with Gasteiger partial charge in [0.25, 0.3) is 0 Å². The Morgan fingerprint density at radius 3 is 2.09 bits per heavy atom. The Bertz CT molecular complexity index is 1360. The van der Waals surface area contributed by atoms with E-state index in [-0.39, 0.29) is 23.2 Å². The predicted molar refractivity (Wildman–Crippen MR) is 181 cm³/mol. The fraction of sp³-hybridized carbons (Fsp3) is 0.611. The van der Waals surface area contributed by atoms with Crippen LogP contribution in [0.5, 0.6) is 0 Å². The number of sulfone groups is 1. The molecular weight excluding hydrogens is 624 g/mol. The first-order chi connectivity index (χ1) is 21.9. The molecule has 0 bridgehead atoms. The van der Waals surface area contributed by atoms with Gasteiger partial charge in [-0.15, -0.1) is 0 Å². The maximum atomic E-state index is 13.9. The normalized spacial score (nSPS) is 19.2. The Labute approximate surface area is 279 Å². The summed E-state index contributed by atoms with van der Waals surface area (Å²) in [7, 11) is -3.86. The summed E-state index contributed by atoms with van der Waals surface area (Å²) in [6.45, 7) is 3.95. The molecule has 0 saturated heterocycles. The number of nitrogens with one attached hydrogen (secondary N) is 2. The minimum atomic E-state index is -3.86. The lowest BCUT2D eigenvalue weighted by atomic mass is 9.82. The summed E-state index contributed by atoms with van der Waals surface area (Å²) < 4.78 is 26.9. The molecule has 0 heterocycles. The molecule has 0 spiro atoms. The van der Waals surface area contributed by atoms with Crippen LogP contribution in [-0.4, -0.2) is 60.5 Å². The molecular formula is C36H51ClN2O6S. The molecule has 0 radical (unpaired) electrons. The molecule has 2 aliphatic carbocycles. The van der Waals surface area contributed by atoms with Crippen LogP contribution >= 0.6 is 11.6 Å². The second-order valence-corrected chi connectivity index (χ2v) is 16.4. The van der Waals surface area contributed by atoms with E-state index >= 15 is 0 Å². The van der Waals surface area contributed by atoms with Crippen molar-refractivity contribution in [2.45, 2.75) is 114 Å². The van der Waals surface area contributed by atoms with Gasteiger partial charge in [-0.05, 0) is 73.3 Å². The number of aliphatic hydroxyl groups excluding tert-OH is 2. The Hall–Kier alpha value is -2.46. The largest absolute Gasteiger partial charge is 0.390 e. The van der Waals surface area contributed by atoms with Gasteiger partial charge in [0.15, 0.2) is 9.84 Å².